The monoisotopic (exact) mass is 1310 g/mol. The van der Waals surface area contributed by atoms with Crippen LogP contribution in [0.25, 0.3) is 120 Å². The van der Waals surface area contributed by atoms with Crippen molar-refractivity contribution in [3.8, 4) is 77.9 Å². The van der Waals surface area contributed by atoms with Crippen LogP contribution in [0, 0.1) is 6.92 Å². The zero-order chi connectivity index (χ0) is 68.2. The SMILES string of the molecule is Cc1c2c(c(N(c3cccc(-c4ccc(-c5cccc6c5-c5cc7c(c(N(c8cccc(-c9ccccc9)c8)c8ccc9c(c8)oc8ccccc89)c5C6(C)C)C(C)(C)c5ccccc5-7)cc4)c3)c3ccc4c(c3)sc3ccccc34)c3c1-c1ccccc1C3(C)C)C(C)(C)c1ccccc1-2. The van der Waals surface area contributed by atoms with E-state index in [2.05, 4.69) is 357 Å². The number of furan rings is 1. The Labute approximate surface area is 594 Å². The maximum Gasteiger partial charge on any atom is 0.137 e. The summed E-state index contributed by atoms with van der Waals surface area (Å²) in [5.41, 5.74) is 37.1. The summed E-state index contributed by atoms with van der Waals surface area (Å²) in [6.45, 7) is 22.1. The number of nitrogens with zero attached hydrogens (tertiary/aromatic N) is 2. The van der Waals surface area contributed by atoms with Crippen LogP contribution in [0.1, 0.15) is 105 Å². The van der Waals surface area contributed by atoms with Crippen LogP contribution in [0.4, 0.5) is 34.1 Å². The lowest BCUT2D eigenvalue weighted by Gasteiger charge is -2.38. The molecule has 3 nitrogen and oxygen atoms in total. The van der Waals surface area contributed by atoms with Gasteiger partial charge in [-0.25, -0.2) is 0 Å². The van der Waals surface area contributed by atoms with Gasteiger partial charge in [0.25, 0.3) is 0 Å². The largest absolute Gasteiger partial charge is 0.456 e. The van der Waals surface area contributed by atoms with E-state index in [0.717, 1.165) is 61.4 Å². The third kappa shape index (κ3) is 8.40. The molecule has 0 bridgehead atoms. The molecule has 0 saturated carbocycles. The van der Waals surface area contributed by atoms with Crippen molar-refractivity contribution in [3.63, 3.8) is 0 Å². The van der Waals surface area contributed by atoms with Gasteiger partial charge in [0, 0.05) is 81.4 Å². The fourth-order valence-electron chi connectivity index (χ4n) is 19.1. The van der Waals surface area contributed by atoms with Gasteiger partial charge in [0.05, 0.1) is 11.4 Å². The van der Waals surface area contributed by atoms with Crippen molar-refractivity contribution in [3.05, 3.63) is 335 Å². The number of rotatable bonds is 9. The zero-order valence-electron chi connectivity index (χ0n) is 58.3. The predicted molar refractivity (Wildman–Crippen MR) is 427 cm³/mol. The highest BCUT2D eigenvalue weighted by molar-refractivity contribution is 7.25. The van der Waals surface area contributed by atoms with E-state index in [1.165, 1.54) is 143 Å². The lowest BCUT2D eigenvalue weighted by Crippen LogP contribution is -2.26. The Bertz CT molecular complexity index is 6140. The first kappa shape index (κ1) is 59.7. The van der Waals surface area contributed by atoms with Crippen LogP contribution in [-0.4, -0.2) is 0 Å². The Hall–Kier alpha value is -11.3. The van der Waals surface area contributed by atoms with Crippen LogP contribution in [0.15, 0.2) is 290 Å². The smallest absolute Gasteiger partial charge is 0.137 e. The first-order valence-electron chi connectivity index (χ1n) is 35.7. The molecular formula is C97H74N2OS. The van der Waals surface area contributed by atoms with Crippen molar-refractivity contribution < 1.29 is 4.42 Å². The molecule has 0 saturated heterocycles. The summed E-state index contributed by atoms with van der Waals surface area (Å²) in [5, 5.41) is 4.83. The van der Waals surface area contributed by atoms with E-state index in [1.807, 2.05) is 11.3 Å². The molecule has 4 aliphatic carbocycles. The van der Waals surface area contributed by atoms with Gasteiger partial charge in [-0.3, -0.25) is 0 Å². The van der Waals surface area contributed by atoms with Crippen LogP contribution >= 0.6 is 11.3 Å². The molecule has 0 atom stereocenters. The molecule has 16 aromatic rings. The summed E-state index contributed by atoms with van der Waals surface area (Å²) in [6.07, 6.45) is 0. The average molecular weight is 1320 g/mol. The number of anilines is 6. The Morgan fingerprint density at radius 1 is 0.267 bits per heavy atom. The molecule has 0 radical (unpaired) electrons. The lowest BCUT2D eigenvalue weighted by atomic mass is 9.74. The summed E-state index contributed by atoms with van der Waals surface area (Å²) in [4.78, 5) is 5.25. The van der Waals surface area contributed by atoms with Crippen molar-refractivity contribution in [2.24, 2.45) is 0 Å². The van der Waals surface area contributed by atoms with Gasteiger partial charge in [0.15, 0.2) is 0 Å². The number of hydrogen-bond acceptors (Lipinski definition) is 4. The molecule has 484 valence electrons. The first-order valence-corrected chi connectivity index (χ1v) is 36.5. The summed E-state index contributed by atoms with van der Waals surface area (Å²) in [7, 11) is 0. The van der Waals surface area contributed by atoms with E-state index in [4.69, 9.17) is 4.42 Å². The normalized spacial score (nSPS) is 14.9. The van der Waals surface area contributed by atoms with Gasteiger partial charge in [-0.1, -0.05) is 268 Å². The lowest BCUT2D eigenvalue weighted by molar-refractivity contribution is 0.639. The Balaban J connectivity index is 0.771. The Morgan fingerprint density at radius 3 is 1.37 bits per heavy atom. The number of benzene rings is 14. The average Bonchev–Trinajstić information content (AvgIpc) is 1.53. The number of para-hydroxylation sites is 1. The Morgan fingerprint density at radius 2 is 0.703 bits per heavy atom. The number of hydrogen-bond donors (Lipinski definition) is 0. The molecule has 0 aliphatic heterocycles. The third-order valence-corrected chi connectivity index (χ3v) is 24.8. The molecule has 0 N–H and O–H groups in total. The zero-order valence-corrected chi connectivity index (χ0v) is 59.2. The van der Waals surface area contributed by atoms with Crippen molar-refractivity contribution >= 4 is 87.6 Å². The first-order chi connectivity index (χ1) is 49.1. The maximum absolute atomic E-state index is 6.79. The summed E-state index contributed by atoms with van der Waals surface area (Å²) >= 11 is 1.89. The minimum absolute atomic E-state index is 0.311. The van der Waals surface area contributed by atoms with Crippen LogP contribution in [0.5, 0.6) is 0 Å². The minimum atomic E-state index is -0.434. The molecule has 0 spiro atoms. The molecule has 14 aromatic carbocycles. The molecular weight excluding hydrogens is 1240 g/mol. The maximum atomic E-state index is 6.79. The van der Waals surface area contributed by atoms with Gasteiger partial charge in [-0.05, 0) is 202 Å². The summed E-state index contributed by atoms with van der Waals surface area (Å²) in [5.74, 6) is 0. The quantitative estimate of drug-likeness (QED) is 0.144. The molecule has 2 aromatic heterocycles. The minimum Gasteiger partial charge on any atom is -0.456 e. The molecule has 20 rings (SSSR count). The molecule has 0 amide bonds. The van der Waals surface area contributed by atoms with Crippen molar-refractivity contribution in [2.45, 2.75) is 84.0 Å². The van der Waals surface area contributed by atoms with E-state index in [0.29, 0.717) is 0 Å². The van der Waals surface area contributed by atoms with E-state index in [9.17, 15) is 0 Å². The fourth-order valence-corrected chi connectivity index (χ4v) is 20.2. The summed E-state index contributed by atoms with van der Waals surface area (Å²) < 4.78 is 9.38. The van der Waals surface area contributed by atoms with Crippen molar-refractivity contribution in [1.82, 2.24) is 0 Å². The van der Waals surface area contributed by atoms with Crippen molar-refractivity contribution in [1.29, 1.82) is 0 Å². The standard InChI is InChI=1S/C97H74N2OS/c1-57-85-73-35-14-19-39-78(73)95(4,5)90(85)93(91-86(57)74-36-15-20-40-79(74)96(91,6)7)99(66-49-51-72-71-34-17-22-43-83(71)101-84(72)55-66)64-31-24-29-62(53-64)59-44-46-60(47-45-59)67-37-25-41-80-87(67)76-56-75-68-32-13-18-38-77(68)94(2,3)88(75)92(89(76)97(80,8)9)98(63-30-23-28-61(52-63)58-26-11-10-12-27-58)65-48-50-70-69-33-16-21-42-81(69)100-82(70)54-65/h10-56H,1-9H3. The highest BCUT2D eigenvalue weighted by atomic mass is 32.1. The molecule has 4 heteroatoms. The van der Waals surface area contributed by atoms with Crippen LogP contribution in [-0.2, 0) is 21.7 Å². The van der Waals surface area contributed by atoms with E-state index in [1.54, 1.807) is 0 Å². The third-order valence-electron chi connectivity index (χ3n) is 23.7. The summed E-state index contributed by atoms with van der Waals surface area (Å²) in [6, 6.07) is 107. The van der Waals surface area contributed by atoms with Gasteiger partial charge >= 0.3 is 0 Å². The van der Waals surface area contributed by atoms with E-state index < -0.39 is 5.41 Å². The number of thiophene rings is 1. The van der Waals surface area contributed by atoms with Gasteiger partial charge < -0.3 is 14.2 Å². The second-order valence-electron chi connectivity index (χ2n) is 30.7. The van der Waals surface area contributed by atoms with Crippen LogP contribution < -0.4 is 9.80 Å². The predicted octanol–water partition coefficient (Wildman–Crippen LogP) is 27.4. The van der Waals surface area contributed by atoms with Gasteiger partial charge in [-0.2, -0.15) is 0 Å². The highest BCUT2D eigenvalue weighted by Gasteiger charge is 2.50. The molecule has 0 fully saturated rings. The second-order valence-corrected chi connectivity index (χ2v) is 31.8. The Kier molecular flexibility index (Phi) is 12.6. The topological polar surface area (TPSA) is 19.6 Å². The van der Waals surface area contributed by atoms with E-state index in [-0.39, 0.29) is 16.2 Å². The van der Waals surface area contributed by atoms with E-state index >= 15 is 0 Å². The van der Waals surface area contributed by atoms with Gasteiger partial charge in [0.1, 0.15) is 11.2 Å². The van der Waals surface area contributed by atoms with Crippen LogP contribution in [0.3, 0.4) is 0 Å². The molecule has 2 heterocycles. The van der Waals surface area contributed by atoms with Crippen molar-refractivity contribution in [2.75, 3.05) is 9.80 Å². The van der Waals surface area contributed by atoms with Gasteiger partial charge in [-0.15, -0.1) is 11.3 Å². The highest BCUT2D eigenvalue weighted by Crippen LogP contribution is 2.67. The van der Waals surface area contributed by atoms with Crippen LogP contribution in [0.2, 0.25) is 0 Å². The van der Waals surface area contributed by atoms with Gasteiger partial charge in [0.2, 0.25) is 0 Å². The fraction of sp³-hybridized carbons (Fsp3) is 0.134. The molecule has 0 unspecified atom stereocenters. The second kappa shape index (κ2) is 21.4. The number of fused-ring (bicyclic) bond motifs is 18. The molecule has 4 aliphatic rings. The molecule has 101 heavy (non-hydrogen) atoms.